The molecule has 0 bridgehead atoms. The van der Waals surface area contributed by atoms with Crippen LogP contribution in [0.2, 0.25) is 0 Å². The van der Waals surface area contributed by atoms with E-state index in [1.54, 1.807) is 30.9 Å². The molecule has 1 N–H and O–H groups in total. The maximum Gasteiger partial charge on any atom is 0.337 e. The van der Waals surface area contributed by atoms with Crippen molar-refractivity contribution in [3.8, 4) is 0 Å². The lowest BCUT2D eigenvalue weighted by molar-refractivity contribution is 0.0699. The van der Waals surface area contributed by atoms with Gasteiger partial charge in [-0.1, -0.05) is 12.1 Å². The van der Waals surface area contributed by atoms with E-state index in [0.29, 0.717) is 5.52 Å². The minimum Gasteiger partial charge on any atom is -0.478 e. The van der Waals surface area contributed by atoms with E-state index < -0.39 is 5.97 Å². The van der Waals surface area contributed by atoms with Gasteiger partial charge in [-0.2, -0.15) is 0 Å². The van der Waals surface area contributed by atoms with Gasteiger partial charge in [-0.05, 0) is 30.7 Å². The molecule has 0 saturated heterocycles. The number of hydrogen-bond donors (Lipinski definition) is 1. The lowest BCUT2D eigenvalue weighted by atomic mass is 10.1. The first-order valence-electron chi connectivity index (χ1n) is 6.27. The highest BCUT2D eigenvalue weighted by molar-refractivity contribution is 6.00. The molecule has 1 unspecified atom stereocenters. The Bertz CT molecular complexity index is 765. The van der Waals surface area contributed by atoms with Gasteiger partial charge in [0, 0.05) is 12.4 Å². The summed E-state index contributed by atoms with van der Waals surface area (Å²) in [6.07, 6.45) is 5.21. The van der Waals surface area contributed by atoms with Crippen LogP contribution in [-0.2, 0) is 0 Å². The van der Waals surface area contributed by atoms with Crippen molar-refractivity contribution >= 4 is 17.0 Å². The first-order chi connectivity index (χ1) is 9.68. The molecule has 0 fully saturated rings. The molecule has 0 radical (unpaired) electrons. The maximum absolute atomic E-state index is 11.2. The summed E-state index contributed by atoms with van der Waals surface area (Å²) < 4.78 is 1.96. The van der Waals surface area contributed by atoms with Gasteiger partial charge in [-0.15, -0.1) is 0 Å². The van der Waals surface area contributed by atoms with Crippen molar-refractivity contribution in [2.75, 3.05) is 0 Å². The number of rotatable bonds is 3. The van der Waals surface area contributed by atoms with Crippen molar-refractivity contribution < 1.29 is 9.90 Å². The topological polar surface area (TPSA) is 68.0 Å². The van der Waals surface area contributed by atoms with Crippen LogP contribution in [0.1, 0.15) is 28.9 Å². The third kappa shape index (κ3) is 1.93. The number of imidazole rings is 1. The summed E-state index contributed by atoms with van der Waals surface area (Å²) in [5.74, 6) is -0.963. The zero-order chi connectivity index (χ0) is 14.1. The molecule has 0 aliphatic rings. The Balaban J connectivity index is 2.14. The molecule has 3 rings (SSSR count). The summed E-state index contributed by atoms with van der Waals surface area (Å²) in [5.41, 5.74) is 2.59. The average Bonchev–Trinajstić information content (AvgIpc) is 2.91. The predicted octanol–water partition coefficient (Wildman–Crippen LogP) is 2.74. The fourth-order valence-electron chi connectivity index (χ4n) is 2.32. The first kappa shape index (κ1) is 12.3. The lowest BCUT2D eigenvalue weighted by Gasteiger charge is -2.14. The Morgan fingerprint density at radius 3 is 2.85 bits per heavy atom. The van der Waals surface area contributed by atoms with E-state index in [2.05, 4.69) is 9.97 Å². The van der Waals surface area contributed by atoms with E-state index in [4.69, 9.17) is 0 Å². The van der Waals surface area contributed by atoms with Crippen LogP contribution in [-0.4, -0.2) is 25.6 Å². The summed E-state index contributed by atoms with van der Waals surface area (Å²) >= 11 is 0. The highest BCUT2D eigenvalue weighted by Crippen LogP contribution is 2.24. The van der Waals surface area contributed by atoms with Crippen LogP contribution < -0.4 is 0 Å². The van der Waals surface area contributed by atoms with Crippen LogP contribution in [0.4, 0.5) is 0 Å². The largest absolute Gasteiger partial charge is 0.478 e. The molecular formula is C15H13N3O2. The van der Waals surface area contributed by atoms with Crippen molar-refractivity contribution in [1.82, 2.24) is 14.5 Å². The van der Waals surface area contributed by atoms with E-state index in [-0.39, 0.29) is 11.6 Å². The van der Waals surface area contributed by atoms with E-state index in [9.17, 15) is 9.90 Å². The molecule has 5 heteroatoms. The number of carbonyl (C=O) groups is 1. The number of benzene rings is 1. The zero-order valence-corrected chi connectivity index (χ0v) is 10.9. The van der Waals surface area contributed by atoms with Gasteiger partial charge in [0.15, 0.2) is 0 Å². The van der Waals surface area contributed by atoms with E-state index in [1.165, 1.54) is 0 Å². The van der Waals surface area contributed by atoms with E-state index in [1.807, 2.05) is 29.7 Å². The standard InChI is InChI=1S/C15H13N3O2/c1-10(11-4-3-7-16-8-11)18-9-17-14-12(15(19)20)5-2-6-13(14)18/h2-10H,1H3,(H,19,20). The normalized spacial score (nSPS) is 12.4. The van der Waals surface area contributed by atoms with Gasteiger partial charge >= 0.3 is 5.97 Å². The smallest absolute Gasteiger partial charge is 0.337 e. The summed E-state index contributed by atoms with van der Waals surface area (Å²) in [4.78, 5) is 19.6. The Hall–Kier alpha value is -2.69. The molecule has 0 aliphatic carbocycles. The monoisotopic (exact) mass is 267 g/mol. The molecule has 1 atom stereocenters. The number of carboxylic acid groups (broad SMARTS) is 1. The number of para-hydroxylation sites is 1. The average molecular weight is 267 g/mol. The number of aromatic carboxylic acids is 1. The zero-order valence-electron chi connectivity index (χ0n) is 10.9. The predicted molar refractivity (Wildman–Crippen MR) is 74.7 cm³/mol. The number of fused-ring (bicyclic) bond motifs is 1. The van der Waals surface area contributed by atoms with Crippen LogP contribution in [0.3, 0.4) is 0 Å². The molecule has 100 valence electrons. The fraction of sp³-hybridized carbons (Fsp3) is 0.133. The number of hydrogen-bond acceptors (Lipinski definition) is 3. The maximum atomic E-state index is 11.2. The second-order valence-corrected chi connectivity index (χ2v) is 4.59. The van der Waals surface area contributed by atoms with Crippen LogP contribution in [0.5, 0.6) is 0 Å². The lowest BCUT2D eigenvalue weighted by Crippen LogP contribution is -2.06. The molecule has 0 spiro atoms. The van der Waals surface area contributed by atoms with E-state index >= 15 is 0 Å². The van der Waals surface area contributed by atoms with Crippen LogP contribution in [0.25, 0.3) is 11.0 Å². The van der Waals surface area contributed by atoms with Gasteiger partial charge in [0.25, 0.3) is 0 Å². The van der Waals surface area contributed by atoms with Crippen LogP contribution >= 0.6 is 0 Å². The van der Waals surface area contributed by atoms with Crippen LogP contribution in [0, 0.1) is 0 Å². The highest BCUT2D eigenvalue weighted by atomic mass is 16.4. The minimum absolute atomic E-state index is 0.0396. The van der Waals surface area contributed by atoms with Crippen molar-refractivity contribution in [2.45, 2.75) is 13.0 Å². The van der Waals surface area contributed by atoms with Gasteiger partial charge in [0.2, 0.25) is 0 Å². The first-order valence-corrected chi connectivity index (χ1v) is 6.27. The van der Waals surface area contributed by atoms with Gasteiger partial charge in [0.05, 0.1) is 23.4 Å². The summed E-state index contributed by atoms with van der Waals surface area (Å²) in [6, 6.07) is 9.09. The van der Waals surface area contributed by atoms with Gasteiger partial charge < -0.3 is 9.67 Å². The fourth-order valence-corrected chi connectivity index (χ4v) is 2.32. The van der Waals surface area contributed by atoms with E-state index in [0.717, 1.165) is 11.1 Å². The van der Waals surface area contributed by atoms with Crippen LogP contribution in [0.15, 0.2) is 49.1 Å². The quantitative estimate of drug-likeness (QED) is 0.792. The Morgan fingerprint density at radius 1 is 1.30 bits per heavy atom. The minimum atomic E-state index is -0.963. The van der Waals surface area contributed by atoms with Gasteiger partial charge in [0.1, 0.15) is 5.52 Å². The Labute approximate surface area is 115 Å². The molecule has 2 aromatic heterocycles. The Kier molecular flexibility index (Phi) is 2.95. The molecule has 0 saturated carbocycles. The molecule has 2 heterocycles. The van der Waals surface area contributed by atoms with Crippen molar-refractivity contribution in [2.24, 2.45) is 0 Å². The molecule has 1 aromatic carbocycles. The number of nitrogens with zero attached hydrogens (tertiary/aromatic N) is 3. The third-order valence-electron chi connectivity index (χ3n) is 3.42. The van der Waals surface area contributed by atoms with Crippen molar-refractivity contribution in [3.05, 3.63) is 60.2 Å². The number of aromatic nitrogens is 3. The van der Waals surface area contributed by atoms with Gasteiger partial charge in [-0.25, -0.2) is 9.78 Å². The van der Waals surface area contributed by atoms with Crippen molar-refractivity contribution in [1.29, 1.82) is 0 Å². The van der Waals surface area contributed by atoms with Crippen molar-refractivity contribution in [3.63, 3.8) is 0 Å². The molecule has 0 amide bonds. The molecule has 20 heavy (non-hydrogen) atoms. The highest BCUT2D eigenvalue weighted by Gasteiger charge is 2.16. The summed E-state index contributed by atoms with van der Waals surface area (Å²) in [6.45, 7) is 2.03. The number of carboxylic acids is 1. The summed E-state index contributed by atoms with van der Waals surface area (Å²) in [7, 11) is 0. The summed E-state index contributed by atoms with van der Waals surface area (Å²) in [5, 5.41) is 9.19. The number of pyridine rings is 1. The molecule has 5 nitrogen and oxygen atoms in total. The second kappa shape index (κ2) is 4.77. The van der Waals surface area contributed by atoms with Gasteiger partial charge in [-0.3, -0.25) is 4.98 Å². The SMILES string of the molecule is CC(c1cccnc1)n1cnc2c(C(=O)O)cccc21. The molecule has 3 aromatic rings. The third-order valence-corrected chi connectivity index (χ3v) is 3.42. The second-order valence-electron chi connectivity index (χ2n) is 4.59. The Morgan fingerprint density at radius 2 is 2.15 bits per heavy atom. The molecule has 0 aliphatic heterocycles. The molecular weight excluding hydrogens is 254 g/mol.